The molecule has 0 bridgehead atoms. The van der Waals surface area contributed by atoms with Crippen LogP contribution in [0.2, 0.25) is 0 Å². The maximum Gasteiger partial charge on any atom is 0.416 e. The number of hydrogen-bond acceptors (Lipinski definition) is 5. The number of nitrogens with zero attached hydrogens (tertiary/aromatic N) is 3. The maximum atomic E-state index is 13.4. The molecule has 32 heavy (non-hydrogen) atoms. The Labute approximate surface area is 196 Å². The molecule has 0 aliphatic carbocycles. The number of imidazole rings is 1. The van der Waals surface area contributed by atoms with Gasteiger partial charge in [-0.1, -0.05) is 32.0 Å². The fraction of sp³-hybridized carbons (Fsp3) is 0.455. The Kier molecular flexibility index (Phi) is 7.95. The molecular formula is C22H27ClF3N5S. The minimum Gasteiger partial charge on any atom is -0.378 e. The number of hydrogen-bond donors (Lipinski definition) is 2. The molecule has 10 heteroatoms. The van der Waals surface area contributed by atoms with Gasteiger partial charge in [-0.05, 0) is 49.5 Å². The van der Waals surface area contributed by atoms with E-state index in [1.54, 1.807) is 24.0 Å². The quantitative estimate of drug-likeness (QED) is 0.465. The average Bonchev–Trinajstić information content (AvgIpc) is 3.17. The number of fused-ring (bicyclic) bond motifs is 1. The Hall–Kier alpha value is -1.97. The number of benzene rings is 1. The summed E-state index contributed by atoms with van der Waals surface area (Å²) in [5.41, 5.74) is 1.87. The number of halogens is 4. The molecule has 0 atom stereocenters. The van der Waals surface area contributed by atoms with Crippen molar-refractivity contribution in [2.75, 3.05) is 18.4 Å². The summed E-state index contributed by atoms with van der Waals surface area (Å²) in [6.07, 6.45) is -0.471. The van der Waals surface area contributed by atoms with Gasteiger partial charge >= 0.3 is 6.18 Å². The minimum absolute atomic E-state index is 0. The highest BCUT2D eigenvalue weighted by Crippen LogP contribution is 2.34. The number of anilines is 1. The third-order valence-corrected chi connectivity index (χ3v) is 6.67. The van der Waals surface area contributed by atoms with Gasteiger partial charge in [0, 0.05) is 11.8 Å². The molecule has 1 aromatic carbocycles. The smallest absolute Gasteiger partial charge is 0.378 e. The van der Waals surface area contributed by atoms with Crippen LogP contribution in [0.4, 0.5) is 18.9 Å². The predicted octanol–water partition coefficient (Wildman–Crippen LogP) is 5.75. The molecule has 0 spiro atoms. The van der Waals surface area contributed by atoms with E-state index in [0.29, 0.717) is 16.6 Å². The normalized spacial score (nSPS) is 15.2. The van der Waals surface area contributed by atoms with Gasteiger partial charge in [0.25, 0.3) is 0 Å². The molecule has 1 fully saturated rings. The van der Waals surface area contributed by atoms with Crippen LogP contribution in [-0.4, -0.2) is 32.9 Å². The van der Waals surface area contributed by atoms with Gasteiger partial charge in [0.1, 0.15) is 5.03 Å². The zero-order valence-corrected chi connectivity index (χ0v) is 19.6. The monoisotopic (exact) mass is 485 g/mol. The van der Waals surface area contributed by atoms with Gasteiger partial charge in [0.05, 0.1) is 23.1 Å². The van der Waals surface area contributed by atoms with Crippen molar-refractivity contribution in [2.45, 2.75) is 55.6 Å². The molecule has 174 valence electrons. The summed E-state index contributed by atoms with van der Waals surface area (Å²) >= 11 is 1.73. The van der Waals surface area contributed by atoms with Crippen LogP contribution in [0.15, 0.2) is 41.6 Å². The van der Waals surface area contributed by atoms with Crippen molar-refractivity contribution in [1.82, 2.24) is 19.9 Å². The molecule has 1 saturated heterocycles. The fourth-order valence-electron chi connectivity index (χ4n) is 3.77. The van der Waals surface area contributed by atoms with Gasteiger partial charge in [0.2, 0.25) is 0 Å². The highest BCUT2D eigenvalue weighted by molar-refractivity contribution is 7.99. The van der Waals surface area contributed by atoms with Crippen LogP contribution in [0, 0.1) is 0 Å². The first kappa shape index (κ1) is 24.7. The van der Waals surface area contributed by atoms with Gasteiger partial charge in [-0.2, -0.15) is 18.3 Å². The summed E-state index contributed by atoms with van der Waals surface area (Å²) in [5, 5.41) is 12.7. The first-order valence-corrected chi connectivity index (χ1v) is 11.4. The lowest BCUT2D eigenvalue weighted by Gasteiger charge is -2.22. The Morgan fingerprint density at radius 3 is 2.62 bits per heavy atom. The second-order valence-electron chi connectivity index (χ2n) is 8.05. The van der Waals surface area contributed by atoms with Gasteiger partial charge in [-0.3, -0.25) is 0 Å². The molecule has 2 aromatic heterocycles. The molecule has 3 heterocycles. The van der Waals surface area contributed by atoms with Crippen LogP contribution in [0.3, 0.4) is 0 Å². The van der Waals surface area contributed by atoms with Crippen LogP contribution >= 0.6 is 24.2 Å². The van der Waals surface area contributed by atoms with Crippen molar-refractivity contribution >= 4 is 35.5 Å². The van der Waals surface area contributed by atoms with E-state index in [0.717, 1.165) is 42.7 Å². The molecule has 4 rings (SSSR count). The summed E-state index contributed by atoms with van der Waals surface area (Å²) in [5.74, 6) is 0.223. The molecule has 0 unspecified atom stereocenters. The lowest BCUT2D eigenvalue weighted by molar-refractivity contribution is -0.138. The van der Waals surface area contributed by atoms with Crippen molar-refractivity contribution in [3.63, 3.8) is 0 Å². The summed E-state index contributed by atoms with van der Waals surface area (Å²) in [7, 11) is 0. The Bertz CT molecular complexity index is 1050. The molecule has 0 saturated carbocycles. The topological polar surface area (TPSA) is 54.2 Å². The van der Waals surface area contributed by atoms with E-state index < -0.39 is 11.7 Å². The molecule has 2 N–H and O–H groups in total. The van der Waals surface area contributed by atoms with Crippen LogP contribution in [-0.2, 0) is 12.7 Å². The van der Waals surface area contributed by atoms with E-state index in [9.17, 15) is 13.2 Å². The van der Waals surface area contributed by atoms with Crippen molar-refractivity contribution in [3.05, 3.63) is 53.3 Å². The summed E-state index contributed by atoms with van der Waals surface area (Å²) < 4.78 is 42.0. The lowest BCUT2D eigenvalue weighted by atomic mass is 10.1. The van der Waals surface area contributed by atoms with E-state index in [4.69, 9.17) is 5.10 Å². The zero-order chi connectivity index (χ0) is 22.0. The Balaban J connectivity index is 0.00000289. The number of alkyl halides is 3. The predicted molar refractivity (Wildman–Crippen MR) is 125 cm³/mol. The van der Waals surface area contributed by atoms with Crippen LogP contribution in [0.25, 0.3) is 5.65 Å². The maximum absolute atomic E-state index is 13.4. The lowest BCUT2D eigenvalue weighted by Crippen LogP contribution is -2.29. The second kappa shape index (κ2) is 10.3. The molecule has 0 radical (unpaired) electrons. The van der Waals surface area contributed by atoms with E-state index in [1.807, 2.05) is 10.6 Å². The van der Waals surface area contributed by atoms with E-state index in [2.05, 4.69) is 29.5 Å². The van der Waals surface area contributed by atoms with E-state index in [-0.39, 0.29) is 30.4 Å². The Morgan fingerprint density at radius 1 is 1.22 bits per heavy atom. The summed E-state index contributed by atoms with van der Waals surface area (Å²) in [6.45, 7) is 6.18. The summed E-state index contributed by atoms with van der Waals surface area (Å²) in [4.78, 5) is 4.51. The number of rotatable bonds is 6. The van der Waals surface area contributed by atoms with Gasteiger partial charge in [-0.15, -0.1) is 24.2 Å². The van der Waals surface area contributed by atoms with Crippen LogP contribution < -0.4 is 10.6 Å². The average molecular weight is 486 g/mol. The summed E-state index contributed by atoms with van der Waals surface area (Å²) in [6, 6.07) is 7.57. The third kappa shape index (κ3) is 5.50. The van der Waals surface area contributed by atoms with Crippen LogP contribution in [0.5, 0.6) is 0 Å². The van der Waals surface area contributed by atoms with Crippen molar-refractivity contribution in [1.29, 1.82) is 0 Å². The van der Waals surface area contributed by atoms with Gasteiger partial charge in [0.15, 0.2) is 5.65 Å². The second-order valence-corrected chi connectivity index (χ2v) is 9.37. The van der Waals surface area contributed by atoms with E-state index in [1.165, 1.54) is 12.1 Å². The van der Waals surface area contributed by atoms with Crippen LogP contribution in [0.1, 0.15) is 49.4 Å². The molecule has 3 aromatic rings. The van der Waals surface area contributed by atoms with Crippen molar-refractivity contribution < 1.29 is 13.2 Å². The first-order valence-electron chi connectivity index (χ1n) is 10.5. The third-order valence-electron chi connectivity index (χ3n) is 5.43. The molecular weight excluding hydrogens is 459 g/mol. The Morgan fingerprint density at radius 2 is 1.94 bits per heavy atom. The first-order chi connectivity index (χ1) is 14.8. The molecule has 0 amide bonds. The molecule has 1 aliphatic rings. The highest BCUT2D eigenvalue weighted by atomic mass is 35.5. The minimum atomic E-state index is -4.39. The number of aromatic nitrogens is 3. The highest BCUT2D eigenvalue weighted by Gasteiger charge is 2.32. The zero-order valence-electron chi connectivity index (χ0n) is 17.9. The number of piperidine rings is 1. The van der Waals surface area contributed by atoms with Crippen molar-refractivity contribution in [2.24, 2.45) is 0 Å². The van der Waals surface area contributed by atoms with Crippen molar-refractivity contribution in [3.8, 4) is 0 Å². The molecule has 1 aliphatic heterocycles. The molecule has 5 nitrogen and oxygen atoms in total. The standard InChI is InChI=1S/C22H26F3N5S.ClH/c1-14(2)19-13-28-21-18(27-12-15-5-3-4-6-17(15)22(23,24)25)11-20(29-30(19)21)31-16-7-9-26-10-8-16;/h3-6,11,13-14,16,26-27H,7-10,12H2,1-2H3;1H. The van der Waals surface area contributed by atoms with E-state index >= 15 is 0 Å². The van der Waals surface area contributed by atoms with Gasteiger partial charge in [-0.25, -0.2) is 9.50 Å². The SMILES string of the molecule is CC(C)c1cnc2c(NCc3ccccc3C(F)(F)F)cc(SC3CCNCC3)nn12.Cl. The number of thioether (sulfide) groups is 1. The largest absolute Gasteiger partial charge is 0.416 e. The fourth-order valence-corrected chi connectivity index (χ4v) is 4.90. The number of nitrogens with one attached hydrogen (secondary N) is 2. The van der Waals surface area contributed by atoms with Gasteiger partial charge < -0.3 is 10.6 Å².